The summed E-state index contributed by atoms with van der Waals surface area (Å²) < 4.78 is 4.56. The molecule has 0 amide bonds. The van der Waals surface area contributed by atoms with Gasteiger partial charge < -0.3 is 14.9 Å². The molecule has 96 valence electrons. The Kier molecular flexibility index (Phi) is 4.42. The van der Waals surface area contributed by atoms with E-state index in [2.05, 4.69) is 4.74 Å². The van der Waals surface area contributed by atoms with Gasteiger partial charge in [-0.2, -0.15) is 0 Å². The summed E-state index contributed by atoms with van der Waals surface area (Å²) in [5.41, 5.74) is 1.30. The molecule has 0 unspecified atom stereocenters. The Morgan fingerprint density at radius 3 is 2.44 bits per heavy atom. The van der Waals surface area contributed by atoms with Crippen molar-refractivity contribution in [2.45, 2.75) is 19.4 Å². The van der Waals surface area contributed by atoms with Crippen LogP contribution in [0.4, 0.5) is 0 Å². The lowest BCUT2D eigenvalue weighted by atomic mass is 9.93. The van der Waals surface area contributed by atoms with Gasteiger partial charge in [-0.3, -0.25) is 14.4 Å². The van der Waals surface area contributed by atoms with Crippen LogP contribution in [0.2, 0.25) is 0 Å². The Bertz CT molecular complexity index is 465. The van der Waals surface area contributed by atoms with Crippen molar-refractivity contribution in [1.82, 2.24) is 0 Å². The standard InChI is InChI=1S/C12H12O6/c1-7-2-3-9(8(4-7)5-18-6-13)10(11(14)15)12(16)17/h2-4,6,10H,5H2,1H3,(H,14,15)(H,16,17). The third-order valence-electron chi connectivity index (χ3n) is 2.41. The van der Waals surface area contributed by atoms with Gasteiger partial charge in [0.2, 0.25) is 0 Å². The van der Waals surface area contributed by atoms with Crippen molar-refractivity contribution in [3.05, 3.63) is 34.9 Å². The molecule has 1 rings (SSSR count). The molecular formula is C12H12O6. The number of ether oxygens (including phenoxy) is 1. The van der Waals surface area contributed by atoms with Crippen LogP contribution < -0.4 is 0 Å². The van der Waals surface area contributed by atoms with Gasteiger partial charge in [-0.25, -0.2) is 0 Å². The Hall–Kier alpha value is -2.37. The monoisotopic (exact) mass is 252 g/mol. The fourth-order valence-corrected chi connectivity index (χ4v) is 1.64. The van der Waals surface area contributed by atoms with E-state index < -0.39 is 17.9 Å². The van der Waals surface area contributed by atoms with Crippen LogP contribution in [-0.4, -0.2) is 28.6 Å². The van der Waals surface area contributed by atoms with E-state index in [0.29, 0.717) is 5.56 Å². The molecule has 0 bridgehead atoms. The van der Waals surface area contributed by atoms with Crippen molar-refractivity contribution in [3.63, 3.8) is 0 Å². The van der Waals surface area contributed by atoms with Crippen LogP contribution in [0.1, 0.15) is 22.6 Å². The molecule has 0 spiro atoms. The fourth-order valence-electron chi connectivity index (χ4n) is 1.64. The summed E-state index contributed by atoms with van der Waals surface area (Å²) in [4.78, 5) is 32.1. The number of carboxylic acid groups (broad SMARTS) is 2. The molecule has 1 aromatic carbocycles. The molecule has 0 aliphatic rings. The highest BCUT2D eigenvalue weighted by Crippen LogP contribution is 2.23. The predicted molar refractivity (Wildman–Crippen MR) is 60.0 cm³/mol. The molecule has 2 N–H and O–H groups in total. The van der Waals surface area contributed by atoms with E-state index >= 15 is 0 Å². The minimum absolute atomic E-state index is 0.113. The van der Waals surface area contributed by atoms with Gasteiger partial charge >= 0.3 is 11.9 Å². The highest BCUT2D eigenvalue weighted by atomic mass is 16.5. The maximum atomic E-state index is 11.0. The summed E-state index contributed by atoms with van der Waals surface area (Å²) in [5, 5.41) is 17.9. The highest BCUT2D eigenvalue weighted by Gasteiger charge is 2.30. The first-order chi connectivity index (χ1) is 8.47. The number of hydrogen-bond acceptors (Lipinski definition) is 4. The summed E-state index contributed by atoms with van der Waals surface area (Å²) in [6, 6.07) is 4.63. The first-order valence-corrected chi connectivity index (χ1v) is 5.07. The van der Waals surface area contributed by atoms with Crippen LogP contribution in [0, 0.1) is 6.92 Å². The first kappa shape index (κ1) is 13.7. The van der Waals surface area contributed by atoms with E-state index in [0.717, 1.165) is 5.56 Å². The van der Waals surface area contributed by atoms with E-state index in [1.165, 1.54) is 6.07 Å². The molecule has 1 aromatic rings. The first-order valence-electron chi connectivity index (χ1n) is 5.07. The van der Waals surface area contributed by atoms with Gasteiger partial charge in [0.25, 0.3) is 6.47 Å². The van der Waals surface area contributed by atoms with Gasteiger partial charge in [0.05, 0.1) is 0 Å². The second-order valence-electron chi connectivity index (χ2n) is 3.72. The number of aryl methyl sites for hydroxylation is 1. The molecule has 0 heterocycles. The largest absolute Gasteiger partial charge is 0.480 e. The lowest BCUT2D eigenvalue weighted by Gasteiger charge is -2.13. The zero-order valence-electron chi connectivity index (χ0n) is 9.62. The normalized spacial score (nSPS) is 10.1. The average Bonchev–Trinajstić information content (AvgIpc) is 2.28. The minimum atomic E-state index is -1.67. The SMILES string of the molecule is Cc1ccc(C(C(=O)O)C(=O)O)c(COC=O)c1. The number of aliphatic carboxylic acids is 2. The maximum absolute atomic E-state index is 11.0. The van der Waals surface area contributed by atoms with Crippen molar-refractivity contribution in [2.24, 2.45) is 0 Å². The molecule has 0 aromatic heterocycles. The molecule has 0 radical (unpaired) electrons. The van der Waals surface area contributed by atoms with Gasteiger partial charge in [-0.1, -0.05) is 23.8 Å². The topological polar surface area (TPSA) is 101 Å². The van der Waals surface area contributed by atoms with Crippen LogP contribution in [-0.2, 0) is 25.7 Å². The van der Waals surface area contributed by atoms with E-state index in [1.807, 2.05) is 0 Å². The van der Waals surface area contributed by atoms with Crippen molar-refractivity contribution in [3.8, 4) is 0 Å². The summed E-state index contributed by atoms with van der Waals surface area (Å²) in [6.07, 6.45) is 0. The van der Waals surface area contributed by atoms with Crippen molar-refractivity contribution >= 4 is 18.4 Å². The second-order valence-corrected chi connectivity index (χ2v) is 3.72. The summed E-state index contributed by atoms with van der Waals surface area (Å²) >= 11 is 0. The molecule has 0 saturated carbocycles. The Balaban J connectivity index is 3.23. The molecule has 0 saturated heterocycles. The molecule has 0 aliphatic heterocycles. The zero-order chi connectivity index (χ0) is 13.7. The third kappa shape index (κ3) is 3.07. The van der Waals surface area contributed by atoms with Gasteiger partial charge in [0, 0.05) is 0 Å². The van der Waals surface area contributed by atoms with Gasteiger partial charge in [-0.05, 0) is 18.1 Å². The number of benzene rings is 1. The Morgan fingerprint density at radius 2 is 1.94 bits per heavy atom. The van der Waals surface area contributed by atoms with Crippen LogP contribution in [0.15, 0.2) is 18.2 Å². The van der Waals surface area contributed by atoms with Gasteiger partial charge in [-0.15, -0.1) is 0 Å². The second kappa shape index (κ2) is 5.81. The van der Waals surface area contributed by atoms with Crippen molar-refractivity contribution < 1.29 is 29.3 Å². The molecule has 0 fully saturated rings. The van der Waals surface area contributed by atoms with E-state index in [1.54, 1.807) is 19.1 Å². The number of carbonyl (C=O) groups is 3. The Morgan fingerprint density at radius 1 is 1.33 bits per heavy atom. The van der Waals surface area contributed by atoms with Gasteiger partial charge in [0.15, 0.2) is 5.92 Å². The predicted octanol–water partition coefficient (Wildman–Crippen LogP) is 0.921. The summed E-state index contributed by atoms with van der Waals surface area (Å²) in [7, 11) is 0. The molecule has 0 atom stereocenters. The van der Waals surface area contributed by atoms with Gasteiger partial charge in [0.1, 0.15) is 6.61 Å². The van der Waals surface area contributed by atoms with E-state index in [9.17, 15) is 14.4 Å². The highest BCUT2D eigenvalue weighted by molar-refractivity contribution is 5.99. The molecule has 18 heavy (non-hydrogen) atoms. The molecular weight excluding hydrogens is 240 g/mol. The summed E-state index contributed by atoms with van der Waals surface area (Å²) in [6.45, 7) is 1.84. The van der Waals surface area contributed by atoms with Crippen LogP contribution in [0.3, 0.4) is 0 Å². The molecule has 6 nitrogen and oxygen atoms in total. The Labute approximate surface area is 103 Å². The van der Waals surface area contributed by atoms with Crippen LogP contribution in [0.5, 0.6) is 0 Å². The fraction of sp³-hybridized carbons (Fsp3) is 0.250. The lowest BCUT2D eigenvalue weighted by molar-refractivity contribution is -0.150. The molecule has 6 heteroatoms. The van der Waals surface area contributed by atoms with E-state index in [4.69, 9.17) is 10.2 Å². The van der Waals surface area contributed by atoms with Crippen LogP contribution >= 0.6 is 0 Å². The third-order valence-corrected chi connectivity index (χ3v) is 2.41. The smallest absolute Gasteiger partial charge is 0.322 e. The number of rotatable bonds is 6. The maximum Gasteiger partial charge on any atom is 0.322 e. The quantitative estimate of drug-likeness (QED) is 0.576. The van der Waals surface area contributed by atoms with Crippen molar-refractivity contribution in [1.29, 1.82) is 0 Å². The van der Waals surface area contributed by atoms with E-state index in [-0.39, 0.29) is 18.6 Å². The lowest BCUT2D eigenvalue weighted by Crippen LogP contribution is -2.22. The van der Waals surface area contributed by atoms with Crippen LogP contribution in [0.25, 0.3) is 0 Å². The number of carboxylic acids is 2. The summed E-state index contributed by atoms with van der Waals surface area (Å²) in [5.74, 6) is -4.59. The number of carbonyl (C=O) groups excluding carboxylic acids is 1. The molecule has 0 aliphatic carbocycles. The zero-order valence-corrected chi connectivity index (χ0v) is 9.62. The average molecular weight is 252 g/mol. The minimum Gasteiger partial charge on any atom is -0.480 e. The van der Waals surface area contributed by atoms with Crippen molar-refractivity contribution in [2.75, 3.05) is 0 Å². The number of hydrogen-bond donors (Lipinski definition) is 2.